The number of Topliss-reactive ketones (excluding diaryl/α,β-unsaturated/α-hetero) is 1. The third kappa shape index (κ3) is 7.46. The fraction of sp³-hybridized carbons (Fsp3) is 0.560. The van der Waals surface area contributed by atoms with E-state index < -0.39 is 46.3 Å². The van der Waals surface area contributed by atoms with E-state index in [1.54, 1.807) is 31.5 Å². The third-order valence-electron chi connectivity index (χ3n) is 6.00. The first kappa shape index (κ1) is 29.4. The molecule has 0 bridgehead atoms. The summed E-state index contributed by atoms with van der Waals surface area (Å²) in [5.74, 6) is 0.972. The van der Waals surface area contributed by atoms with Crippen molar-refractivity contribution < 1.29 is 24.7 Å². The lowest BCUT2D eigenvalue weighted by atomic mass is 9.58. The van der Waals surface area contributed by atoms with E-state index in [4.69, 9.17) is 11.6 Å². The van der Waals surface area contributed by atoms with Gasteiger partial charge in [0, 0.05) is 6.61 Å². The molecular weight excluding hydrogens is 436 g/mol. The van der Waals surface area contributed by atoms with Crippen LogP contribution in [0.25, 0.3) is 6.08 Å². The molecule has 190 valence electrons. The summed E-state index contributed by atoms with van der Waals surface area (Å²) in [6.45, 7) is 8.47. The fourth-order valence-electron chi connectivity index (χ4n) is 4.53. The smallest absolute Gasteiger partial charge is 0.248 e. The van der Waals surface area contributed by atoms with Gasteiger partial charge in [-0.05, 0) is 36.7 Å². The van der Waals surface area contributed by atoms with Gasteiger partial charge < -0.3 is 10.8 Å². The second-order valence-corrected chi connectivity index (χ2v) is 10.1. The van der Waals surface area contributed by atoms with E-state index in [1.807, 2.05) is 44.2 Å². The molecule has 1 aromatic carbocycles. The SMILES string of the molecule is CC(C)C[C@@H](C(=O)NN)[C@H](C(=O)NO)C(/C=C/c1ccccc1)(CC(C)(C)CO)C(=O)[C@@H](C)N. The number of hydrogen-bond acceptors (Lipinski definition) is 7. The number of hydrazine groups is 1. The number of benzene rings is 1. The van der Waals surface area contributed by atoms with E-state index in [1.165, 1.54) is 6.92 Å². The summed E-state index contributed by atoms with van der Waals surface area (Å²) in [6.07, 6.45) is 3.49. The van der Waals surface area contributed by atoms with Crippen LogP contribution >= 0.6 is 0 Å². The van der Waals surface area contributed by atoms with E-state index in [0.717, 1.165) is 5.56 Å². The standard InChI is InChI=1S/C25H40N4O5/c1-16(2)13-19(22(32)28-27)20(23(33)29-34)25(21(31)17(3)26,14-24(4,5)15-30)12-11-18-9-7-6-8-10-18/h6-12,16-17,19-20,30,34H,13-15,26-27H2,1-5H3,(H,28,32)(H,29,33)/b12-11+/t17-,19-,20-,25?/m1/s1. The van der Waals surface area contributed by atoms with Gasteiger partial charge in [0.2, 0.25) is 11.8 Å². The maximum Gasteiger partial charge on any atom is 0.248 e. The van der Waals surface area contributed by atoms with Crippen molar-refractivity contribution in [3.8, 4) is 0 Å². The van der Waals surface area contributed by atoms with Crippen molar-refractivity contribution in [2.75, 3.05) is 6.61 Å². The Morgan fingerprint density at radius 1 is 1.09 bits per heavy atom. The van der Waals surface area contributed by atoms with Crippen LogP contribution in [0.5, 0.6) is 0 Å². The molecule has 0 fully saturated rings. The van der Waals surface area contributed by atoms with Gasteiger partial charge >= 0.3 is 0 Å². The van der Waals surface area contributed by atoms with Gasteiger partial charge in [-0.3, -0.25) is 25.0 Å². The lowest BCUT2D eigenvalue weighted by Gasteiger charge is -2.44. The van der Waals surface area contributed by atoms with Crippen LogP contribution in [0.15, 0.2) is 36.4 Å². The van der Waals surface area contributed by atoms with Gasteiger partial charge in [-0.1, -0.05) is 70.2 Å². The first-order valence-corrected chi connectivity index (χ1v) is 11.4. The number of nitrogens with one attached hydrogen (secondary N) is 2. The molecule has 0 aliphatic carbocycles. The summed E-state index contributed by atoms with van der Waals surface area (Å²) in [5.41, 5.74) is 8.12. The summed E-state index contributed by atoms with van der Waals surface area (Å²) in [4.78, 5) is 40.0. The highest BCUT2D eigenvalue weighted by molar-refractivity contribution is 5.99. The predicted octanol–water partition coefficient (Wildman–Crippen LogP) is 1.78. The maximum absolute atomic E-state index is 13.9. The molecule has 1 rings (SSSR count). The summed E-state index contributed by atoms with van der Waals surface area (Å²) in [6, 6.07) is 8.16. The Kier molecular flexibility index (Phi) is 11.0. The van der Waals surface area contributed by atoms with Crippen molar-refractivity contribution in [1.29, 1.82) is 0 Å². The summed E-state index contributed by atoms with van der Waals surface area (Å²) < 4.78 is 0. The molecule has 0 aromatic heterocycles. The maximum atomic E-state index is 13.9. The van der Waals surface area contributed by atoms with Crippen LogP contribution in [-0.2, 0) is 14.4 Å². The molecule has 0 heterocycles. The molecule has 34 heavy (non-hydrogen) atoms. The highest BCUT2D eigenvalue weighted by Gasteiger charge is 2.54. The lowest BCUT2D eigenvalue weighted by molar-refractivity contribution is -0.152. The largest absolute Gasteiger partial charge is 0.396 e. The highest BCUT2D eigenvalue weighted by Crippen LogP contribution is 2.47. The molecule has 0 aliphatic rings. The molecule has 0 saturated heterocycles. The molecule has 0 spiro atoms. The van der Waals surface area contributed by atoms with Crippen LogP contribution < -0.4 is 22.5 Å². The van der Waals surface area contributed by atoms with Crippen molar-refractivity contribution >= 4 is 23.7 Å². The monoisotopic (exact) mass is 476 g/mol. The number of amides is 2. The Balaban J connectivity index is 4.01. The van der Waals surface area contributed by atoms with Crippen molar-refractivity contribution in [3.63, 3.8) is 0 Å². The van der Waals surface area contributed by atoms with Crippen LogP contribution in [0.1, 0.15) is 53.0 Å². The van der Waals surface area contributed by atoms with E-state index in [0.29, 0.717) is 0 Å². The Bertz CT molecular complexity index is 854. The Morgan fingerprint density at radius 2 is 1.68 bits per heavy atom. The second-order valence-electron chi connectivity index (χ2n) is 10.1. The minimum atomic E-state index is -1.64. The number of ketones is 1. The number of hydroxylamine groups is 1. The average molecular weight is 477 g/mol. The number of aliphatic hydroxyl groups excluding tert-OH is 1. The van der Waals surface area contributed by atoms with Gasteiger partial charge in [-0.25, -0.2) is 11.3 Å². The number of allylic oxidation sites excluding steroid dienone is 1. The summed E-state index contributed by atoms with van der Waals surface area (Å²) in [7, 11) is 0. The van der Waals surface area contributed by atoms with Crippen LogP contribution in [0.2, 0.25) is 0 Å². The van der Waals surface area contributed by atoms with E-state index >= 15 is 0 Å². The third-order valence-corrected chi connectivity index (χ3v) is 6.00. The van der Waals surface area contributed by atoms with Crippen molar-refractivity contribution in [1.82, 2.24) is 10.9 Å². The molecule has 9 nitrogen and oxygen atoms in total. The van der Waals surface area contributed by atoms with Gasteiger partial charge in [0.1, 0.15) is 0 Å². The average Bonchev–Trinajstić information content (AvgIpc) is 2.80. The van der Waals surface area contributed by atoms with Gasteiger partial charge in [0.25, 0.3) is 0 Å². The van der Waals surface area contributed by atoms with E-state index in [9.17, 15) is 24.7 Å². The van der Waals surface area contributed by atoms with E-state index in [-0.39, 0.29) is 25.4 Å². The van der Waals surface area contributed by atoms with Crippen LogP contribution in [-0.4, -0.2) is 40.6 Å². The molecule has 2 amide bonds. The number of hydrogen-bond donors (Lipinski definition) is 6. The quantitative estimate of drug-likeness (QED) is 0.109. The molecule has 8 N–H and O–H groups in total. The first-order valence-electron chi connectivity index (χ1n) is 11.4. The van der Waals surface area contributed by atoms with Gasteiger partial charge in [-0.15, -0.1) is 0 Å². The summed E-state index contributed by atoms with van der Waals surface area (Å²) >= 11 is 0. The minimum absolute atomic E-state index is 0.00919. The molecule has 0 radical (unpaired) electrons. The predicted molar refractivity (Wildman–Crippen MR) is 131 cm³/mol. The number of carbonyl (C=O) groups excluding carboxylic acids is 3. The fourth-order valence-corrected chi connectivity index (χ4v) is 4.53. The topological polar surface area (TPSA) is 168 Å². The van der Waals surface area contributed by atoms with Crippen LogP contribution in [0.3, 0.4) is 0 Å². The molecule has 1 aromatic rings. The minimum Gasteiger partial charge on any atom is -0.396 e. The first-order chi connectivity index (χ1) is 15.8. The normalized spacial score (nSPS) is 16.5. The number of carbonyl (C=O) groups is 3. The van der Waals surface area contributed by atoms with Crippen LogP contribution in [0, 0.1) is 28.6 Å². The number of aliphatic hydroxyl groups is 1. The molecule has 0 saturated carbocycles. The zero-order chi connectivity index (χ0) is 26.1. The highest BCUT2D eigenvalue weighted by atomic mass is 16.5. The van der Waals surface area contributed by atoms with Gasteiger partial charge in [0.05, 0.1) is 23.3 Å². The van der Waals surface area contributed by atoms with E-state index in [2.05, 4.69) is 5.43 Å². The van der Waals surface area contributed by atoms with Crippen LogP contribution in [0.4, 0.5) is 0 Å². The second kappa shape index (κ2) is 12.8. The number of nitrogens with two attached hydrogens (primary N) is 2. The van der Waals surface area contributed by atoms with Gasteiger partial charge in [0.15, 0.2) is 5.78 Å². The van der Waals surface area contributed by atoms with Crippen molar-refractivity contribution in [2.45, 2.75) is 53.5 Å². The zero-order valence-electron chi connectivity index (χ0n) is 20.7. The molecule has 0 aliphatic heterocycles. The zero-order valence-corrected chi connectivity index (χ0v) is 20.7. The molecule has 1 unspecified atom stereocenters. The molecule has 4 atom stereocenters. The summed E-state index contributed by atoms with van der Waals surface area (Å²) in [5, 5.41) is 19.8. The Labute approximate surface area is 201 Å². The Hall–Kier alpha value is -2.59. The number of rotatable bonds is 13. The Morgan fingerprint density at radius 3 is 2.12 bits per heavy atom. The van der Waals surface area contributed by atoms with Gasteiger partial charge in [-0.2, -0.15) is 0 Å². The lowest BCUT2D eigenvalue weighted by Crippen LogP contribution is -2.57. The van der Waals surface area contributed by atoms with Crippen molar-refractivity contribution in [3.05, 3.63) is 42.0 Å². The van der Waals surface area contributed by atoms with Crippen molar-refractivity contribution in [2.24, 2.45) is 40.2 Å². The molecule has 9 heteroatoms. The molecular formula is C25H40N4O5.